The summed E-state index contributed by atoms with van der Waals surface area (Å²) in [6, 6.07) is 8.44. The number of nitrogens with one attached hydrogen (secondary N) is 2. The van der Waals surface area contributed by atoms with Gasteiger partial charge in [0, 0.05) is 24.1 Å². The van der Waals surface area contributed by atoms with Gasteiger partial charge in [0.1, 0.15) is 17.4 Å². The van der Waals surface area contributed by atoms with Crippen LogP contribution in [0.4, 0.5) is 19.0 Å². The lowest BCUT2D eigenvalue weighted by atomic mass is 10.1. The first kappa shape index (κ1) is 24.5. The molecule has 2 aliphatic carbocycles. The molecule has 2 aliphatic rings. The summed E-state index contributed by atoms with van der Waals surface area (Å²) in [6.45, 7) is 0.408. The molecule has 5 aromatic rings. The number of nitrogens with zero attached hydrogens (tertiary/aromatic N) is 7. The number of anilines is 1. The van der Waals surface area contributed by atoms with E-state index in [-0.39, 0.29) is 5.92 Å². The largest absolute Gasteiger partial charge is 0.480 e. The summed E-state index contributed by atoms with van der Waals surface area (Å²) in [6.07, 6.45) is 2.39. The summed E-state index contributed by atoms with van der Waals surface area (Å²) < 4.78 is 46.9. The third-order valence-electron chi connectivity index (χ3n) is 7.17. The van der Waals surface area contributed by atoms with E-state index >= 15 is 0 Å². The zero-order chi connectivity index (χ0) is 27.4. The zero-order valence-corrected chi connectivity index (χ0v) is 21.4. The highest BCUT2D eigenvalue weighted by molar-refractivity contribution is 5.85. The first-order valence-electron chi connectivity index (χ1n) is 13.0. The number of fused-ring (bicyclic) bond motifs is 1. The average molecular weight is 548 g/mol. The van der Waals surface area contributed by atoms with E-state index in [1.54, 1.807) is 25.6 Å². The number of halogens is 3. The number of ether oxygens (including phenoxy) is 1. The van der Waals surface area contributed by atoms with Crippen molar-refractivity contribution in [2.75, 3.05) is 12.4 Å². The van der Waals surface area contributed by atoms with Crippen molar-refractivity contribution in [2.24, 2.45) is 0 Å². The Bertz CT molecular complexity index is 1700. The summed E-state index contributed by atoms with van der Waals surface area (Å²) in [4.78, 5) is 25.6. The second-order valence-corrected chi connectivity index (χ2v) is 10.1. The van der Waals surface area contributed by atoms with Crippen LogP contribution >= 0.6 is 0 Å². The number of hydrogen-bond acceptors (Lipinski definition) is 8. The number of aromatic amines is 1. The van der Waals surface area contributed by atoms with Crippen molar-refractivity contribution in [1.29, 1.82) is 0 Å². The number of hydrogen-bond donors (Lipinski definition) is 2. The van der Waals surface area contributed by atoms with Crippen molar-refractivity contribution < 1.29 is 17.9 Å². The van der Waals surface area contributed by atoms with E-state index in [2.05, 4.69) is 35.3 Å². The van der Waals surface area contributed by atoms with Gasteiger partial charge in [0.25, 0.3) is 0 Å². The van der Waals surface area contributed by atoms with E-state index in [9.17, 15) is 13.2 Å². The Hall–Kier alpha value is -4.55. The molecular formula is C27H24F3N9O. The summed E-state index contributed by atoms with van der Waals surface area (Å²) in [7, 11) is 1.55. The minimum Gasteiger partial charge on any atom is -0.480 e. The minimum atomic E-state index is -4.48. The Morgan fingerprint density at radius 3 is 2.50 bits per heavy atom. The molecule has 0 radical (unpaired) electrons. The van der Waals surface area contributed by atoms with Crippen molar-refractivity contribution in [3.8, 4) is 23.0 Å². The van der Waals surface area contributed by atoms with E-state index in [0.717, 1.165) is 43.0 Å². The van der Waals surface area contributed by atoms with Gasteiger partial charge in [-0.05, 0) is 49.4 Å². The Morgan fingerprint density at radius 2 is 1.80 bits per heavy atom. The summed E-state index contributed by atoms with van der Waals surface area (Å²) >= 11 is 0. The molecule has 2 saturated carbocycles. The van der Waals surface area contributed by atoms with Crippen molar-refractivity contribution in [2.45, 2.75) is 50.2 Å². The standard InChI is InChI=1S/C27H24F3N9O/c1-40-26-20(21(16-6-7-16)32-13-35-26)23-36-24(22-25(37-23)34-12-33-22)31-11-14-2-8-17(9-3-14)39-18(15-4-5-15)10-19(38-39)27(28,29)30/h2-3,8-10,12-13,15-16H,4-7,11H2,1H3,(H2,31,33,34,36,37). The molecule has 1 aromatic carbocycles. The Balaban J connectivity index is 1.17. The van der Waals surface area contributed by atoms with Gasteiger partial charge in [0.15, 0.2) is 23.0 Å². The molecule has 0 atom stereocenters. The van der Waals surface area contributed by atoms with Gasteiger partial charge in [-0.25, -0.2) is 29.6 Å². The van der Waals surface area contributed by atoms with Crippen LogP contribution in [0.5, 0.6) is 5.88 Å². The molecule has 7 rings (SSSR count). The summed E-state index contributed by atoms with van der Waals surface area (Å²) in [5.41, 5.74) is 3.89. The SMILES string of the molecule is COc1ncnc(C2CC2)c1-c1nc(NCc2ccc(-n3nc(C(F)(F)F)cc3C3CC3)cc2)c2[nH]cnc2n1. The van der Waals surface area contributed by atoms with Crippen LogP contribution in [-0.2, 0) is 12.7 Å². The molecule has 204 valence electrons. The molecule has 4 heterocycles. The van der Waals surface area contributed by atoms with Crippen LogP contribution in [-0.4, -0.2) is 46.8 Å². The third kappa shape index (κ3) is 4.50. The highest BCUT2D eigenvalue weighted by Crippen LogP contribution is 2.45. The molecule has 13 heteroatoms. The van der Waals surface area contributed by atoms with Gasteiger partial charge in [-0.2, -0.15) is 18.3 Å². The van der Waals surface area contributed by atoms with Crippen LogP contribution in [0, 0.1) is 0 Å². The predicted molar refractivity (Wildman–Crippen MR) is 139 cm³/mol. The van der Waals surface area contributed by atoms with Crippen LogP contribution in [0.3, 0.4) is 0 Å². The Kier molecular flexibility index (Phi) is 5.68. The zero-order valence-electron chi connectivity index (χ0n) is 21.4. The second kappa shape index (κ2) is 9.28. The van der Waals surface area contributed by atoms with Crippen LogP contribution < -0.4 is 10.1 Å². The monoisotopic (exact) mass is 547 g/mol. The quantitative estimate of drug-likeness (QED) is 0.265. The fraction of sp³-hybridized carbons (Fsp3) is 0.333. The van der Waals surface area contributed by atoms with Crippen molar-refractivity contribution in [3.05, 3.63) is 65.6 Å². The van der Waals surface area contributed by atoms with Gasteiger partial charge in [-0.15, -0.1) is 0 Å². The normalized spacial score (nSPS) is 15.5. The molecule has 0 spiro atoms. The van der Waals surface area contributed by atoms with E-state index in [1.165, 1.54) is 11.0 Å². The molecule has 4 aromatic heterocycles. The van der Waals surface area contributed by atoms with Gasteiger partial charge in [-0.1, -0.05) is 12.1 Å². The van der Waals surface area contributed by atoms with E-state index in [1.807, 2.05) is 12.1 Å². The number of methoxy groups -OCH3 is 1. The van der Waals surface area contributed by atoms with Gasteiger partial charge >= 0.3 is 6.18 Å². The van der Waals surface area contributed by atoms with Crippen LogP contribution in [0.2, 0.25) is 0 Å². The minimum absolute atomic E-state index is 0.114. The molecule has 40 heavy (non-hydrogen) atoms. The van der Waals surface area contributed by atoms with Gasteiger partial charge in [0.05, 0.1) is 24.8 Å². The molecule has 0 aliphatic heterocycles. The molecule has 2 N–H and O–H groups in total. The molecule has 10 nitrogen and oxygen atoms in total. The first-order chi connectivity index (χ1) is 19.4. The molecule has 0 bridgehead atoms. The molecular weight excluding hydrogens is 523 g/mol. The number of aromatic nitrogens is 8. The highest BCUT2D eigenvalue weighted by atomic mass is 19.4. The number of H-pyrrole nitrogens is 1. The van der Waals surface area contributed by atoms with Crippen LogP contribution in [0.25, 0.3) is 28.2 Å². The van der Waals surface area contributed by atoms with E-state index < -0.39 is 11.9 Å². The summed E-state index contributed by atoms with van der Waals surface area (Å²) in [5.74, 6) is 1.81. The maximum absolute atomic E-state index is 13.3. The van der Waals surface area contributed by atoms with Crippen LogP contribution in [0.15, 0.2) is 43.0 Å². The average Bonchev–Trinajstić information content (AvgIpc) is 3.89. The maximum Gasteiger partial charge on any atom is 0.435 e. The lowest BCUT2D eigenvalue weighted by molar-refractivity contribution is -0.141. The van der Waals surface area contributed by atoms with E-state index in [0.29, 0.717) is 58.1 Å². The maximum atomic E-state index is 13.3. The summed E-state index contributed by atoms with van der Waals surface area (Å²) in [5, 5.41) is 7.22. The highest BCUT2D eigenvalue weighted by Gasteiger charge is 2.38. The number of alkyl halides is 3. The topological polar surface area (TPSA) is 119 Å². The van der Waals surface area contributed by atoms with Gasteiger partial charge in [-0.3, -0.25) is 0 Å². The predicted octanol–water partition coefficient (Wildman–Crippen LogP) is 5.39. The number of benzene rings is 1. The van der Waals surface area contributed by atoms with Gasteiger partial charge < -0.3 is 15.0 Å². The van der Waals surface area contributed by atoms with Gasteiger partial charge in [0.2, 0.25) is 5.88 Å². The smallest absolute Gasteiger partial charge is 0.435 e. The number of imidazole rings is 1. The lowest BCUT2D eigenvalue weighted by Crippen LogP contribution is -2.08. The van der Waals surface area contributed by atoms with Crippen LogP contribution in [0.1, 0.15) is 60.2 Å². The molecule has 0 saturated heterocycles. The molecule has 0 unspecified atom stereocenters. The Labute approximate surface area is 226 Å². The van der Waals surface area contributed by atoms with Crippen molar-refractivity contribution in [1.82, 2.24) is 39.7 Å². The Morgan fingerprint density at radius 1 is 1.02 bits per heavy atom. The molecule has 0 amide bonds. The van der Waals surface area contributed by atoms with Crippen molar-refractivity contribution >= 4 is 17.0 Å². The third-order valence-corrected chi connectivity index (χ3v) is 7.17. The first-order valence-corrected chi connectivity index (χ1v) is 13.0. The fourth-order valence-electron chi connectivity index (χ4n) is 4.84. The fourth-order valence-corrected chi connectivity index (χ4v) is 4.84. The second-order valence-electron chi connectivity index (χ2n) is 10.1. The molecule has 2 fully saturated rings. The van der Waals surface area contributed by atoms with Crippen molar-refractivity contribution in [3.63, 3.8) is 0 Å². The number of rotatable bonds is 8. The van der Waals surface area contributed by atoms with E-state index in [4.69, 9.17) is 9.72 Å². The lowest BCUT2D eigenvalue weighted by Gasteiger charge is -2.13.